The van der Waals surface area contributed by atoms with Gasteiger partial charge in [0.25, 0.3) is 0 Å². The van der Waals surface area contributed by atoms with Crippen LogP contribution in [0.4, 0.5) is 0 Å². The number of hydrogen-bond donors (Lipinski definition) is 2. The molecule has 2 unspecified atom stereocenters. The quantitative estimate of drug-likeness (QED) is 0.836. The SMILES string of the molecule is CCNCc1cc(S(=O)(=O)NC2CCOC(C)C2)c(C)s1. The molecule has 0 amide bonds. The van der Waals surface area contributed by atoms with Crippen molar-refractivity contribution in [3.8, 4) is 0 Å². The standard InChI is InChI=1S/C14H24N2O3S2/c1-4-15-9-13-8-14(11(3)20-13)21(17,18)16-12-5-6-19-10(2)7-12/h8,10,12,15-16H,4-7,9H2,1-3H3. The van der Waals surface area contributed by atoms with Crippen LogP contribution in [0, 0.1) is 6.92 Å². The molecular weight excluding hydrogens is 308 g/mol. The van der Waals surface area contributed by atoms with Gasteiger partial charge in [-0.2, -0.15) is 0 Å². The first-order valence-corrected chi connectivity index (χ1v) is 9.66. The van der Waals surface area contributed by atoms with Crippen molar-refractivity contribution in [2.45, 2.75) is 57.2 Å². The third-order valence-corrected chi connectivity index (χ3v) is 6.40. The maximum atomic E-state index is 12.5. The first-order chi connectivity index (χ1) is 9.92. The molecule has 5 nitrogen and oxygen atoms in total. The fourth-order valence-electron chi connectivity index (χ4n) is 2.51. The highest BCUT2D eigenvalue weighted by atomic mass is 32.2. The van der Waals surface area contributed by atoms with E-state index < -0.39 is 10.0 Å². The Balaban J connectivity index is 2.09. The van der Waals surface area contributed by atoms with E-state index >= 15 is 0 Å². The van der Waals surface area contributed by atoms with E-state index in [2.05, 4.69) is 10.0 Å². The highest BCUT2D eigenvalue weighted by molar-refractivity contribution is 7.89. The van der Waals surface area contributed by atoms with Crippen LogP contribution in [-0.4, -0.2) is 33.7 Å². The maximum Gasteiger partial charge on any atom is 0.241 e. The second-order valence-corrected chi connectivity index (χ2v) is 8.46. The van der Waals surface area contributed by atoms with Gasteiger partial charge in [0.1, 0.15) is 0 Å². The van der Waals surface area contributed by atoms with Gasteiger partial charge in [-0.3, -0.25) is 0 Å². The molecule has 2 N–H and O–H groups in total. The molecule has 1 fully saturated rings. The summed E-state index contributed by atoms with van der Waals surface area (Å²) in [6.45, 7) is 8.07. The Morgan fingerprint density at radius 2 is 2.24 bits per heavy atom. The van der Waals surface area contributed by atoms with Crippen molar-refractivity contribution in [2.24, 2.45) is 0 Å². The van der Waals surface area contributed by atoms with Gasteiger partial charge in [-0.1, -0.05) is 6.92 Å². The summed E-state index contributed by atoms with van der Waals surface area (Å²) in [6, 6.07) is 1.75. The monoisotopic (exact) mass is 332 g/mol. The number of hydrogen-bond acceptors (Lipinski definition) is 5. The Bertz CT molecular complexity index is 569. The molecular formula is C14H24N2O3S2. The molecule has 0 bridgehead atoms. The molecule has 0 aliphatic carbocycles. The van der Waals surface area contributed by atoms with Crippen LogP contribution in [0.1, 0.15) is 36.4 Å². The van der Waals surface area contributed by atoms with Crippen LogP contribution in [0.5, 0.6) is 0 Å². The summed E-state index contributed by atoms with van der Waals surface area (Å²) in [5.74, 6) is 0. The van der Waals surface area contributed by atoms with Gasteiger partial charge in [-0.15, -0.1) is 11.3 Å². The smallest absolute Gasteiger partial charge is 0.241 e. The van der Waals surface area contributed by atoms with Crippen molar-refractivity contribution in [1.29, 1.82) is 0 Å². The lowest BCUT2D eigenvalue weighted by molar-refractivity contribution is 0.0173. The molecule has 0 aromatic carbocycles. The molecule has 21 heavy (non-hydrogen) atoms. The summed E-state index contributed by atoms with van der Waals surface area (Å²) in [4.78, 5) is 2.31. The summed E-state index contributed by atoms with van der Waals surface area (Å²) in [7, 11) is -3.44. The average molecular weight is 332 g/mol. The van der Waals surface area contributed by atoms with Crippen LogP contribution < -0.4 is 10.0 Å². The molecule has 1 aromatic rings. The topological polar surface area (TPSA) is 67.4 Å². The minimum Gasteiger partial charge on any atom is -0.378 e. The van der Waals surface area contributed by atoms with E-state index in [0.29, 0.717) is 18.0 Å². The normalized spacial score (nSPS) is 23.4. The predicted molar refractivity (Wildman–Crippen MR) is 85.2 cm³/mol. The third-order valence-electron chi connectivity index (χ3n) is 3.57. The number of rotatable bonds is 6. The van der Waals surface area contributed by atoms with Crippen LogP contribution >= 0.6 is 11.3 Å². The zero-order valence-corrected chi connectivity index (χ0v) is 14.4. The number of thiophene rings is 1. The van der Waals surface area contributed by atoms with Gasteiger partial charge in [0.15, 0.2) is 0 Å². The Labute approximate surface area is 131 Å². The molecule has 0 spiro atoms. The van der Waals surface area contributed by atoms with Crippen molar-refractivity contribution < 1.29 is 13.2 Å². The van der Waals surface area contributed by atoms with E-state index in [4.69, 9.17) is 4.74 Å². The summed E-state index contributed by atoms with van der Waals surface area (Å²) < 4.78 is 33.4. The van der Waals surface area contributed by atoms with Gasteiger partial charge in [0.2, 0.25) is 10.0 Å². The van der Waals surface area contributed by atoms with E-state index in [0.717, 1.165) is 29.1 Å². The zero-order valence-electron chi connectivity index (χ0n) is 12.8. The van der Waals surface area contributed by atoms with Gasteiger partial charge in [0, 0.05) is 28.9 Å². The molecule has 120 valence electrons. The van der Waals surface area contributed by atoms with Crippen LogP contribution in [0.2, 0.25) is 0 Å². The van der Waals surface area contributed by atoms with Crippen molar-refractivity contribution in [3.63, 3.8) is 0 Å². The Hall–Kier alpha value is -0.470. The van der Waals surface area contributed by atoms with Gasteiger partial charge < -0.3 is 10.1 Å². The van der Waals surface area contributed by atoms with Gasteiger partial charge >= 0.3 is 0 Å². The number of nitrogens with one attached hydrogen (secondary N) is 2. The van der Waals surface area contributed by atoms with E-state index in [1.165, 1.54) is 11.3 Å². The Kier molecular flexibility index (Phi) is 5.79. The van der Waals surface area contributed by atoms with Gasteiger partial charge in [-0.25, -0.2) is 13.1 Å². The van der Waals surface area contributed by atoms with Crippen LogP contribution in [0.15, 0.2) is 11.0 Å². The second-order valence-electron chi connectivity index (χ2n) is 5.44. The van der Waals surface area contributed by atoms with E-state index in [1.807, 2.05) is 20.8 Å². The summed E-state index contributed by atoms with van der Waals surface area (Å²) >= 11 is 1.54. The third kappa shape index (κ3) is 4.50. The fraction of sp³-hybridized carbons (Fsp3) is 0.714. The van der Waals surface area contributed by atoms with E-state index in [9.17, 15) is 8.42 Å². The van der Waals surface area contributed by atoms with Crippen LogP contribution in [0.3, 0.4) is 0 Å². The van der Waals surface area contributed by atoms with E-state index in [-0.39, 0.29) is 12.1 Å². The van der Waals surface area contributed by atoms with Gasteiger partial charge in [-0.05, 0) is 39.3 Å². The average Bonchev–Trinajstić information content (AvgIpc) is 2.78. The molecule has 7 heteroatoms. The first-order valence-electron chi connectivity index (χ1n) is 7.36. The highest BCUT2D eigenvalue weighted by Crippen LogP contribution is 2.26. The number of ether oxygens (including phenoxy) is 1. The molecule has 2 atom stereocenters. The van der Waals surface area contributed by atoms with Crippen molar-refractivity contribution in [3.05, 3.63) is 15.8 Å². The molecule has 1 aliphatic rings. The van der Waals surface area contributed by atoms with Crippen molar-refractivity contribution in [2.75, 3.05) is 13.2 Å². The minimum absolute atomic E-state index is 0.0322. The first kappa shape index (κ1) is 16.9. The number of aryl methyl sites for hydroxylation is 1. The molecule has 1 saturated heterocycles. The maximum absolute atomic E-state index is 12.5. The molecule has 1 aromatic heterocycles. The largest absolute Gasteiger partial charge is 0.378 e. The molecule has 2 rings (SSSR count). The Morgan fingerprint density at radius 3 is 2.90 bits per heavy atom. The predicted octanol–water partition coefficient (Wildman–Crippen LogP) is 2.01. The second kappa shape index (κ2) is 7.19. The van der Waals surface area contributed by atoms with Crippen molar-refractivity contribution in [1.82, 2.24) is 10.0 Å². The molecule has 1 aliphatic heterocycles. The lowest BCUT2D eigenvalue weighted by Crippen LogP contribution is -2.41. The summed E-state index contributed by atoms with van der Waals surface area (Å²) in [6.07, 6.45) is 1.57. The molecule has 0 saturated carbocycles. The zero-order chi connectivity index (χ0) is 15.5. The highest BCUT2D eigenvalue weighted by Gasteiger charge is 2.27. The van der Waals surface area contributed by atoms with Crippen molar-refractivity contribution >= 4 is 21.4 Å². The summed E-state index contributed by atoms with van der Waals surface area (Å²) in [5.41, 5.74) is 0. The van der Waals surface area contributed by atoms with Gasteiger partial charge in [0.05, 0.1) is 11.0 Å². The Morgan fingerprint density at radius 1 is 1.48 bits per heavy atom. The van der Waals surface area contributed by atoms with E-state index in [1.54, 1.807) is 6.07 Å². The minimum atomic E-state index is -3.44. The molecule has 0 radical (unpaired) electrons. The lowest BCUT2D eigenvalue weighted by atomic mass is 10.1. The summed E-state index contributed by atoms with van der Waals surface area (Å²) in [5, 5.41) is 3.22. The van der Waals surface area contributed by atoms with Crippen LogP contribution in [0.25, 0.3) is 0 Å². The lowest BCUT2D eigenvalue weighted by Gasteiger charge is -2.27. The fourth-order valence-corrected chi connectivity index (χ4v) is 5.40. The molecule has 2 heterocycles. The van der Waals surface area contributed by atoms with Crippen LogP contribution in [-0.2, 0) is 21.3 Å². The number of sulfonamides is 1.